The zero-order valence-electron chi connectivity index (χ0n) is 13.3. The smallest absolute Gasteiger partial charge is 0.266 e. The Morgan fingerprint density at radius 3 is 2.70 bits per heavy atom. The molecule has 2 amide bonds. The Labute approximate surface area is 139 Å². The van der Waals surface area contributed by atoms with Gasteiger partial charge in [0.2, 0.25) is 5.91 Å². The zero-order valence-corrected chi connectivity index (χ0v) is 14.1. The third-order valence-electron chi connectivity index (χ3n) is 3.32. The van der Waals surface area contributed by atoms with Gasteiger partial charge in [-0.3, -0.25) is 9.59 Å². The van der Waals surface area contributed by atoms with Gasteiger partial charge in [-0.2, -0.15) is 0 Å². The van der Waals surface area contributed by atoms with Crippen molar-refractivity contribution in [3.05, 3.63) is 40.3 Å². The monoisotopic (exact) mass is 333 g/mol. The van der Waals surface area contributed by atoms with E-state index in [2.05, 4.69) is 10.3 Å². The Balaban J connectivity index is 2.05. The summed E-state index contributed by atoms with van der Waals surface area (Å²) in [6.45, 7) is 4.04. The highest BCUT2D eigenvalue weighted by molar-refractivity contribution is 7.11. The Kier molecular flexibility index (Phi) is 5.70. The van der Waals surface area contributed by atoms with E-state index in [1.807, 2.05) is 19.1 Å². The second-order valence-electron chi connectivity index (χ2n) is 4.83. The van der Waals surface area contributed by atoms with E-state index < -0.39 is 0 Å². The van der Waals surface area contributed by atoms with E-state index in [0.29, 0.717) is 28.6 Å². The van der Waals surface area contributed by atoms with Gasteiger partial charge >= 0.3 is 0 Å². The largest absolute Gasteiger partial charge is 0.495 e. The maximum Gasteiger partial charge on any atom is 0.266 e. The number of methoxy groups -OCH3 is 1. The lowest BCUT2D eigenvalue weighted by Crippen LogP contribution is -2.37. The van der Waals surface area contributed by atoms with Gasteiger partial charge in [-0.15, -0.1) is 11.3 Å². The molecule has 0 radical (unpaired) electrons. The molecule has 1 aromatic heterocycles. The molecular weight excluding hydrogens is 314 g/mol. The summed E-state index contributed by atoms with van der Waals surface area (Å²) in [7, 11) is 1.54. The molecule has 0 aliphatic carbocycles. The van der Waals surface area contributed by atoms with Crippen LogP contribution in [0.25, 0.3) is 0 Å². The lowest BCUT2D eigenvalue weighted by atomic mass is 10.3. The van der Waals surface area contributed by atoms with Gasteiger partial charge in [0.1, 0.15) is 17.2 Å². The Bertz CT molecular complexity index is 699. The molecule has 7 heteroatoms. The van der Waals surface area contributed by atoms with Gasteiger partial charge in [0, 0.05) is 6.54 Å². The quantitative estimate of drug-likeness (QED) is 0.882. The Morgan fingerprint density at radius 2 is 2.09 bits per heavy atom. The van der Waals surface area contributed by atoms with Crippen LogP contribution in [0.1, 0.15) is 22.3 Å². The summed E-state index contributed by atoms with van der Waals surface area (Å²) in [5.74, 6) is 0.128. The predicted molar refractivity (Wildman–Crippen MR) is 90.1 cm³/mol. The highest BCUT2D eigenvalue weighted by atomic mass is 32.1. The molecule has 1 N–H and O–H groups in total. The number of amides is 2. The summed E-state index contributed by atoms with van der Waals surface area (Å²) in [5, 5.41) is 2.77. The number of carbonyl (C=O) groups is 2. The molecule has 0 aliphatic rings. The summed E-state index contributed by atoms with van der Waals surface area (Å²) < 4.78 is 5.20. The minimum absolute atomic E-state index is 0.0231. The second-order valence-corrected chi connectivity index (χ2v) is 5.69. The normalized spacial score (nSPS) is 10.2. The Morgan fingerprint density at radius 1 is 1.35 bits per heavy atom. The highest BCUT2D eigenvalue weighted by Crippen LogP contribution is 2.23. The van der Waals surface area contributed by atoms with Crippen molar-refractivity contribution in [1.29, 1.82) is 0 Å². The van der Waals surface area contributed by atoms with Crippen molar-refractivity contribution in [2.24, 2.45) is 0 Å². The number of para-hydroxylation sites is 2. The molecule has 23 heavy (non-hydrogen) atoms. The molecule has 0 spiro atoms. The molecule has 2 aromatic rings. The van der Waals surface area contributed by atoms with Crippen LogP contribution < -0.4 is 10.1 Å². The van der Waals surface area contributed by atoms with Crippen LogP contribution in [0.2, 0.25) is 0 Å². The van der Waals surface area contributed by atoms with Crippen LogP contribution >= 0.6 is 11.3 Å². The van der Waals surface area contributed by atoms with Crippen molar-refractivity contribution in [1.82, 2.24) is 9.88 Å². The number of benzene rings is 1. The number of ether oxygens (including phenoxy) is 1. The minimum Gasteiger partial charge on any atom is -0.495 e. The third-order valence-corrected chi connectivity index (χ3v) is 4.24. The molecule has 1 heterocycles. The summed E-state index contributed by atoms with van der Waals surface area (Å²) in [6, 6.07) is 7.14. The summed E-state index contributed by atoms with van der Waals surface area (Å²) >= 11 is 1.28. The number of thiazole rings is 1. The summed E-state index contributed by atoms with van der Waals surface area (Å²) in [4.78, 5) is 30.8. The Hall–Kier alpha value is -2.41. The molecule has 0 atom stereocenters. The van der Waals surface area contributed by atoms with E-state index in [1.54, 1.807) is 31.7 Å². The first-order valence-electron chi connectivity index (χ1n) is 7.19. The minimum atomic E-state index is -0.271. The van der Waals surface area contributed by atoms with Crippen LogP contribution in [0.15, 0.2) is 29.8 Å². The fourth-order valence-electron chi connectivity index (χ4n) is 2.09. The van der Waals surface area contributed by atoms with Crippen LogP contribution in [0.4, 0.5) is 5.69 Å². The molecule has 0 bridgehead atoms. The van der Waals surface area contributed by atoms with E-state index in [4.69, 9.17) is 4.74 Å². The lowest BCUT2D eigenvalue weighted by molar-refractivity contribution is -0.116. The molecule has 0 saturated heterocycles. The molecule has 0 aliphatic heterocycles. The van der Waals surface area contributed by atoms with Crippen molar-refractivity contribution >= 4 is 28.8 Å². The molecule has 122 valence electrons. The third kappa shape index (κ3) is 4.07. The first kappa shape index (κ1) is 17.0. The fraction of sp³-hybridized carbons (Fsp3) is 0.312. The molecule has 0 saturated carbocycles. The zero-order chi connectivity index (χ0) is 16.8. The van der Waals surface area contributed by atoms with E-state index in [-0.39, 0.29) is 18.4 Å². The van der Waals surface area contributed by atoms with Crippen LogP contribution in [0.3, 0.4) is 0 Å². The fourth-order valence-corrected chi connectivity index (χ4v) is 2.86. The van der Waals surface area contributed by atoms with Crippen LogP contribution in [-0.2, 0) is 4.79 Å². The number of nitrogens with zero attached hydrogens (tertiary/aromatic N) is 2. The first-order chi connectivity index (χ1) is 11.1. The molecule has 0 fully saturated rings. The molecule has 6 nitrogen and oxygen atoms in total. The number of nitrogens with one attached hydrogen (secondary N) is 1. The highest BCUT2D eigenvalue weighted by Gasteiger charge is 2.21. The average molecular weight is 333 g/mol. The van der Waals surface area contributed by atoms with Crippen molar-refractivity contribution in [2.45, 2.75) is 13.8 Å². The van der Waals surface area contributed by atoms with Gasteiger partial charge < -0.3 is 15.0 Å². The van der Waals surface area contributed by atoms with E-state index >= 15 is 0 Å². The van der Waals surface area contributed by atoms with Gasteiger partial charge in [0.25, 0.3) is 5.91 Å². The first-order valence-corrected chi connectivity index (χ1v) is 8.07. The van der Waals surface area contributed by atoms with Gasteiger partial charge in [0.15, 0.2) is 0 Å². The van der Waals surface area contributed by atoms with Crippen molar-refractivity contribution in [2.75, 3.05) is 25.5 Å². The number of likely N-dealkylation sites (N-methyl/N-ethyl adjacent to an activating group) is 1. The number of hydrogen-bond acceptors (Lipinski definition) is 5. The molecule has 1 aromatic carbocycles. The SMILES string of the molecule is CCN(CC(=O)Nc1ccccc1OC)C(=O)c1scnc1C. The molecule has 0 unspecified atom stereocenters. The molecular formula is C16H19N3O3S. The number of anilines is 1. The maximum atomic E-state index is 12.5. The average Bonchev–Trinajstić information content (AvgIpc) is 2.98. The van der Waals surface area contributed by atoms with E-state index in [0.717, 1.165) is 0 Å². The van der Waals surface area contributed by atoms with Crippen LogP contribution in [0, 0.1) is 6.92 Å². The lowest BCUT2D eigenvalue weighted by Gasteiger charge is -2.20. The summed E-state index contributed by atoms with van der Waals surface area (Å²) in [6.07, 6.45) is 0. The number of aryl methyl sites for hydroxylation is 1. The van der Waals surface area contributed by atoms with Crippen LogP contribution in [-0.4, -0.2) is 41.9 Å². The number of carbonyl (C=O) groups excluding carboxylic acids is 2. The molecule has 2 rings (SSSR count). The van der Waals surface area contributed by atoms with Gasteiger partial charge in [-0.1, -0.05) is 12.1 Å². The van der Waals surface area contributed by atoms with E-state index in [9.17, 15) is 9.59 Å². The van der Waals surface area contributed by atoms with E-state index in [1.165, 1.54) is 16.2 Å². The van der Waals surface area contributed by atoms with Crippen LogP contribution in [0.5, 0.6) is 5.75 Å². The second kappa shape index (κ2) is 7.73. The summed E-state index contributed by atoms with van der Waals surface area (Å²) in [5.41, 5.74) is 2.90. The van der Waals surface area contributed by atoms with Gasteiger partial charge in [-0.25, -0.2) is 4.98 Å². The van der Waals surface area contributed by atoms with Gasteiger partial charge in [0.05, 0.1) is 24.0 Å². The van der Waals surface area contributed by atoms with Crippen molar-refractivity contribution < 1.29 is 14.3 Å². The standard InChI is InChI=1S/C16H19N3O3S/c1-4-19(16(21)15-11(2)17-10-23-15)9-14(20)18-12-7-5-6-8-13(12)22-3/h5-8,10H,4,9H2,1-3H3,(H,18,20). The predicted octanol–water partition coefficient (Wildman–Crippen LogP) is 2.56. The number of rotatable bonds is 6. The number of hydrogen-bond donors (Lipinski definition) is 1. The maximum absolute atomic E-state index is 12.5. The van der Waals surface area contributed by atoms with Gasteiger partial charge in [-0.05, 0) is 26.0 Å². The van der Waals surface area contributed by atoms with Crippen molar-refractivity contribution in [3.8, 4) is 5.75 Å². The van der Waals surface area contributed by atoms with Crippen molar-refractivity contribution in [3.63, 3.8) is 0 Å². The topological polar surface area (TPSA) is 71.5 Å². The number of aromatic nitrogens is 1.